The van der Waals surface area contributed by atoms with E-state index in [0.29, 0.717) is 21.5 Å². The maximum Gasteiger partial charge on any atom is 0.259 e. The molecule has 0 radical (unpaired) electrons. The molecule has 1 aromatic carbocycles. The van der Waals surface area contributed by atoms with Crippen LogP contribution in [0.3, 0.4) is 0 Å². The van der Waals surface area contributed by atoms with Gasteiger partial charge in [-0.25, -0.2) is 0 Å². The standard InChI is InChI=1S/C12H11BrN2O3/c1-17-10-4-7(3-8(6-14)12(15)16)9(13)5-11(10)18-2/h3-5H,1-2H3,(H2,15,16). The van der Waals surface area contributed by atoms with Gasteiger partial charge in [-0.2, -0.15) is 5.26 Å². The van der Waals surface area contributed by atoms with Gasteiger partial charge in [0.25, 0.3) is 5.91 Å². The average molecular weight is 311 g/mol. The number of ether oxygens (including phenoxy) is 2. The van der Waals surface area contributed by atoms with Crippen LogP contribution in [0.4, 0.5) is 0 Å². The second kappa shape index (κ2) is 6.07. The van der Waals surface area contributed by atoms with Crippen molar-refractivity contribution in [3.8, 4) is 17.6 Å². The van der Waals surface area contributed by atoms with Gasteiger partial charge in [-0.05, 0) is 23.8 Å². The summed E-state index contributed by atoms with van der Waals surface area (Å²) in [4.78, 5) is 11.0. The average Bonchev–Trinajstić information content (AvgIpc) is 2.36. The molecule has 0 aromatic heterocycles. The fourth-order valence-electron chi connectivity index (χ4n) is 1.29. The van der Waals surface area contributed by atoms with Gasteiger partial charge < -0.3 is 15.2 Å². The summed E-state index contributed by atoms with van der Waals surface area (Å²) in [6.45, 7) is 0. The number of primary amides is 1. The Bertz CT molecular complexity index is 547. The van der Waals surface area contributed by atoms with Crippen LogP contribution in [0.25, 0.3) is 6.08 Å². The number of rotatable bonds is 4. The molecule has 1 amide bonds. The molecule has 94 valence electrons. The van der Waals surface area contributed by atoms with Gasteiger partial charge in [0, 0.05) is 4.47 Å². The van der Waals surface area contributed by atoms with Crippen LogP contribution in [0, 0.1) is 11.3 Å². The maximum absolute atomic E-state index is 11.0. The highest BCUT2D eigenvalue weighted by Crippen LogP contribution is 2.34. The molecule has 5 nitrogen and oxygen atoms in total. The van der Waals surface area contributed by atoms with Gasteiger partial charge in [-0.15, -0.1) is 0 Å². The molecule has 0 saturated heterocycles. The van der Waals surface area contributed by atoms with Crippen LogP contribution in [0.1, 0.15) is 5.56 Å². The molecule has 0 aliphatic heterocycles. The Kier molecular flexibility index (Phi) is 4.75. The van der Waals surface area contributed by atoms with Gasteiger partial charge in [0.15, 0.2) is 11.5 Å². The molecule has 0 unspecified atom stereocenters. The topological polar surface area (TPSA) is 85.3 Å². The van der Waals surface area contributed by atoms with Crippen LogP contribution in [0.2, 0.25) is 0 Å². The Morgan fingerprint density at radius 1 is 1.39 bits per heavy atom. The van der Waals surface area contributed by atoms with E-state index in [1.165, 1.54) is 20.3 Å². The van der Waals surface area contributed by atoms with Crippen molar-refractivity contribution in [1.82, 2.24) is 0 Å². The fourth-order valence-corrected chi connectivity index (χ4v) is 1.73. The van der Waals surface area contributed by atoms with Crippen LogP contribution in [0.5, 0.6) is 11.5 Å². The zero-order chi connectivity index (χ0) is 13.7. The van der Waals surface area contributed by atoms with Crippen molar-refractivity contribution >= 4 is 27.9 Å². The quantitative estimate of drug-likeness (QED) is 0.679. The summed E-state index contributed by atoms with van der Waals surface area (Å²) in [6.07, 6.45) is 1.38. The van der Waals surface area contributed by atoms with E-state index >= 15 is 0 Å². The summed E-state index contributed by atoms with van der Waals surface area (Å²) < 4.78 is 10.9. The first-order valence-corrected chi connectivity index (χ1v) is 5.66. The molecule has 1 aromatic rings. The largest absolute Gasteiger partial charge is 0.493 e. The molecule has 0 heterocycles. The third kappa shape index (κ3) is 3.02. The lowest BCUT2D eigenvalue weighted by Crippen LogP contribution is -2.12. The molecule has 6 heteroatoms. The van der Waals surface area contributed by atoms with E-state index in [2.05, 4.69) is 15.9 Å². The Morgan fingerprint density at radius 2 is 1.94 bits per heavy atom. The van der Waals surface area contributed by atoms with Gasteiger partial charge >= 0.3 is 0 Å². The number of nitrogens with zero attached hydrogens (tertiary/aromatic N) is 1. The van der Waals surface area contributed by atoms with Crippen molar-refractivity contribution in [3.63, 3.8) is 0 Å². The van der Waals surface area contributed by atoms with E-state index in [-0.39, 0.29) is 5.57 Å². The molecule has 0 atom stereocenters. The Morgan fingerprint density at radius 3 is 2.39 bits per heavy atom. The lowest BCUT2D eigenvalue weighted by molar-refractivity contribution is -0.114. The molecular formula is C12H11BrN2O3. The van der Waals surface area contributed by atoms with Crippen molar-refractivity contribution in [2.75, 3.05) is 14.2 Å². The lowest BCUT2D eigenvalue weighted by atomic mass is 10.1. The molecule has 1 rings (SSSR count). The molecule has 0 fully saturated rings. The molecule has 18 heavy (non-hydrogen) atoms. The lowest BCUT2D eigenvalue weighted by Gasteiger charge is -2.09. The van der Waals surface area contributed by atoms with E-state index in [1.54, 1.807) is 18.2 Å². The van der Waals surface area contributed by atoms with Gasteiger partial charge in [-0.3, -0.25) is 4.79 Å². The first kappa shape index (κ1) is 14.1. The molecular weight excluding hydrogens is 300 g/mol. The van der Waals surface area contributed by atoms with Crippen molar-refractivity contribution in [3.05, 3.63) is 27.7 Å². The number of hydrogen-bond donors (Lipinski definition) is 1. The highest BCUT2D eigenvalue weighted by Gasteiger charge is 2.10. The minimum Gasteiger partial charge on any atom is -0.493 e. The van der Waals surface area contributed by atoms with Crippen molar-refractivity contribution < 1.29 is 14.3 Å². The van der Waals surface area contributed by atoms with E-state index in [9.17, 15) is 4.79 Å². The Hall–Kier alpha value is -2.00. The van der Waals surface area contributed by atoms with Gasteiger partial charge in [-0.1, -0.05) is 15.9 Å². The molecule has 0 spiro atoms. The first-order valence-electron chi connectivity index (χ1n) is 4.86. The monoisotopic (exact) mass is 310 g/mol. The molecule has 2 N–H and O–H groups in total. The highest BCUT2D eigenvalue weighted by molar-refractivity contribution is 9.10. The number of carbonyl (C=O) groups excluding carboxylic acids is 1. The number of nitriles is 1. The molecule has 0 saturated carbocycles. The minimum absolute atomic E-state index is 0.136. The number of methoxy groups -OCH3 is 2. The summed E-state index contributed by atoms with van der Waals surface area (Å²) in [6, 6.07) is 5.06. The van der Waals surface area contributed by atoms with E-state index in [4.69, 9.17) is 20.5 Å². The summed E-state index contributed by atoms with van der Waals surface area (Å²) >= 11 is 3.32. The van der Waals surface area contributed by atoms with Crippen LogP contribution in [-0.2, 0) is 4.79 Å². The normalized spacial score (nSPS) is 10.7. The Balaban J connectivity index is 3.35. The maximum atomic E-state index is 11.0. The second-order valence-electron chi connectivity index (χ2n) is 3.26. The summed E-state index contributed by atoms with van der Waals surface area (Å²) in [5, 5.41) is 8.79. The van der Waals surface area contributed by atoms with Gasteiger partial charge in [0.2, 0.25) is 0 Å². The fraction of sp³-hybridized carbons (Fsp3) is 0.167. The third-order valence-electron chi connectivity index (χ3n) is 2.19. The molecule has 0 aliphatic rings. The van der Waals surface area contributed by atoms with Crippen molar-refractivity contribution in [2.45, 2.75) is 0 Å². The molecule has 0 bridgehead atoms. The summed E-state index contributed by atoms with van der Waals surface area (Å²) in [5.41, 5.74) is 5.53. The predicted octanol–water partition coefficient (Wildman–Crippen LogP) is 1.86. The molecule has 0 aliphatic carbocycles. The number of carbonyl (C=O) groups is 1. The number of nitrogens with two attached hydrogens (primary N) is 1. The Labute approximate surface area is 113 Å². The van der Waals surface area contributed by atoms with Crippen LogP contribution in [-0.4, -0.2) is 20.1 Å². The minimum atomic E-state index is -0.779. The second-order valence-corrected chi connectivity index (χ2v) is 4.12. The van der Waals surface area contributed by atoms with Gasteiger partial charge in [0.1, 0.15) is 11.6 Å². The zero-order valence-corrected chi connectivity index (χ0v) is 11.4. The smallest absolute Gasteiger partial charge is 0.259 e. The number of hydrogen-bond acceptors (Lipinski definition) is 4. The highest BCUT2D eigenvalue weighted by atomic mass is 79.9. The third-order valence-corrected chi connectivity index (χ3v) is 2.88. The van der Waals surface area contributed by atoms with E-state index < -0.39 is 5.91 Å². The van der Waals surface area contributed by atoms with Crippen molar-refractivity contribution in [2.24, 2.45) is 5.73 Å². The van der Waals surface area contributed by atoms with Crippen LogP contribution >= 0.6 is 15.9 Å². The summed E-state index contributed by atoms with van der Waals surface area (Å²) in [7, 11) is 3.02. The van der Waals surface area contributed by atoms with Gasteiger partial charge in [0.05, 0.1) is 14.2 Å². The van der Waals surface area contributed by atoms with E-state index in [1.807, 2.05) is 0 Å². The number of halogens is 1. The SMILES string of the molecule is COc1cc(Br)c(C=C(C#N)C(N)=O)cc1OC. The van der Waals surface area contributed by atoms with E-state index in [0.717, 1.165) is 0 Å². The van der Waals surface area contributed by atoms with Crippen LogP contribution in [0.15, 0.2) is 22.2 Å². The summed E-state index contributed by atoms with van der Waals surface area (Å²) in [5.74, 6) is 0.256. The number of amides is 1. The zero-order valence-electron chi connectivity index (χ0n) is 9.86. The number of benzene rings is 1. The van der Waals surface area contributed by atoms with Crippen LogP contribution < -0.4 is 15.2 Å². The predicted molar refractivity (Wildman–Crippen MR) is 70.0 cm³/mol. The first-order chi connectivity index (χ1) is 8.53. The van der Waals surface area contributed by atoms with Crippen molar-refractivity contribution in [1.29, 1.82) is 5.26 Å².